The molecule has 1 aromatic carbocycles. The predicted molar refractivity (Wildman–Crippen MR) is 64.1 cm³/mol. The molecule has 0 heterocycles. The van der Waals surface area contributed by atoms with Gasteiger partial charge in [0.2, 0.25) is 0 Å². The number of nitrogens with one attached hydrogen (secondary N) is 1. The topological polar surface area (TPSA) is 75.3 Å². The number of rotatable bonds is 5. The molecule has 0 aliphatic heterocycles. The lowest BCUT2D eigenvalue weighted by Gasteiger charge is -2.09. The number of nitrogen functional groups attached to an aromatic ring is 1. The van der Waals surface area contributed by atoms with Crippen LogP contribution in [0.4, 0.5) is 10.1 Å². The molecule has 94 valence electrons. The van der Waals surface area contributed by atoms with Gasteiger partial charge in [0.05, 0.1) is 11.7 Å². The molecule has 0 aliphatic rings. The molecular weight excluding hydrogens is 223 g/mol. The van der Waals surface area contributed by atoms with E-state index in [1.165, 1.54) is 12.1 Å². The van der Waals surface area contributed by atoms with Gasteiger partial charge in [-0.25, -0.2) is 4.39 Å². The normalized spacial score (nSPS) is 12.2. The Balaban J connectivity index is 2.52. The van der Waals surface area contributed by atoms with E-state index >= 15 is 0 Å². The molecule has 0 saturated heterocycles. The van der Waals surface area contributed by atoms with Gasteiger partial charge in [-0.15, -0.1) is 0 Å². The van der Waals surface area contributed by atoms with Crippen molar-refractivity contribution in [3.05, 3.63) is 29.6 Å². The Hall–Kier alpha value is -1.62. The number of anilines is 1. The summed E-state index contributed by atoms with van der Waals surface area (Å²) < 4.78 is 13.4. The number of nitrogens with two attached hydrogens (primary N) is 1. The number of carbonyl (C=O) groups excluding carboxylic acids is 1. The number of aliphatic hydroxyl groups excluding tert-OH is 1. The molecule has 17 heavy (non-hydrogen) atoms. The Morgan fingerprint density at radius 3 is 2.88 bits per heavy atom. The molecular formula is C12H17FN2O2. The third-order valence-corrected chi connectivity index (χ3v) is 2.47. The van der Waals surface area contributed by atoms with E-state index in [1.807, 2.05) is 6.92 Å². The molecule has 0 aromatic heterocycles. The zero-order valence-electron chi connectivity index (χ0n) is 9.74. The van der Waals surface area contributed by atoms with E-state index in [2.05, 4.69) is 5.32 Å². The zero-order chi connectivity index (χ0) is 12.8. The van der Waals surface area contributed by atoms with Gasteiger partial charge in [0.15, 0.2) is 0 Å². The fraction of sp³-hybridized carbons (Fsp3) is 0.417. The second-order valence-corrected chi connectivity index (χ2v) is 3.85. The molecule has 1 amide bonds. The molecule has 0 radical (unpaired) electrons. The lowest BCUT2D eigenvalue weighted by molar-refractivity contribution is 0.0938. The Kier molecular flexibility index (Phi) is 4.90. The predicted octanol–water partition coefficient (Wildman–Crippen LogP) is 1.30. The van der Waals surface area contributed by atoms with Gasteiger partial charge >= 0.3 is 0 Å². The van der Waals surface area contributed by atoms with Crippen LogP contribution >= 0.6 is 0 Å². The second kappa shape index (κ2) is 6.20. The van der Waals surface area contributed by atoms with Crippen molar-refractivity contribution in [2.45, 2.75) is 25.9 Å². The van der Waals surface area contributed by atoms with Crippen molar-refractivity contribution in [1.29, 1.82) is 0 Å². The van der Waals surface area contributed by atoms with E-state index in [9.17, 15) is 14.3 Å². The van der Waals surface area contributed by atoms with Gasteiger partial charge in [-0.1, -0.05) is 6.92 Å². The molecule has 1 atom stereocenters. The van der Waals surface area contributed by atoms with Crippen LogP contribution < -0.4 is 11.1 Å². The third kappa shape index (κ3) is 4.03. The summed E-state index contributed by atoms with van der Waals surface area (Å²) in [5, 5.41) is 11.8. The van der Waals surface area contributed by atoms with Gasteiger partial charge in [-0.3, -0.25) is 4.79 Å². The summed E-state index contributed by atoms with van der Waals surface area (Å²) in [5.74, 6) is -1.13. The SMILES string of the molecule is CCC(O)CCNC(=O)c1ccc(N)cc1F. The molecule has 1 aromatic rings. The van der Waals surface area contributed by atoms with Crippen LogP contribution in [0.25, 0.3) is 0 Å². The first kappa shape index (κ1) is 13.4. The van der Waals surface area contributed by atoms with Gasteiger partial charge < -0.3 is 16.2 Å². The highest BCUT2D eigenvalue weighted by Gasteiger charge is 2.11. The van der Waals surface area contributed by atoms with Crippen molar-refractivity contribution in [3.63, 3.8) is 0 Å². The van der Waals surface area contributed by atoms with Crippen LogP contribution in [0.2, 0.25) is 0 Å². The Morgan fingerprint density at radius 1 is 1.59 bits per heavy atom. The molecule has 4 N–H and O–H groups in total. The van der Waals surface area contributed by atoms with Crippen LogP contribution in [-0.2, 0) is 0 Å². The van der Waals surface area contributed by atoms with E-state index in [1.54, 1.807) is 0 Å². The summed E-state index contributed by atoms with van der Waals surface area (Å²) in [6, 6.07) is 3.92. The summed E-state index contributed by atoms with van der Waals surface area (Å²) in [6.45, 7) is 2.17. The minimum absolute atomic E-state index is 0.0369. The lowest BCUT2D eigenvalue weighted by atomic mass is 10.1. The zero-order valence-corrected chi connectivity index (χ0v) is 9.74. The van der Waals surface area contributed by atoms with Crippen LogP contribution in [0, 0.1) is 5.82 Å². The van der Waals surface area contributed by atoms with Gasteiger partial charge in [-0.05, 0) is 31.0 Å². The highest BCUT2D eigenvalue weighted by Crippen LogP contribution is 2.11. The molecule has 1 rings (SSSR count). The van der Waals surface area contributed by atoms with E-state index in [-0.39, 0.29) is 11.3 Å². The summed E-state index contributed by atoms with van der Waals surface area (Å²) in [5.41, 5.74) is 5.62. The fourth-order valence-electron chi connectivity index (χ4n) is 1.37. The van der Waals surface area contributed by atoms with Crippen molar-refractivity contribution >= 4 is 11.6 Å². The van der Waals surface area contributed by atoms with Gasteiger partial charge in [0, 0.05) is 12.2 Å². The first-order valence-electron chi connectivity index (χ1n) is 5.56. The molecule has 4 nitrogen and oxygen atoms in total. The summed E-state index contributed by atoms with van der Waals surface area (Å²) >= 11 is 0. The monoisotopic (exact) mass is 240 g/mol. The second-order valence-electron chi connectivity index (χ2n) is 3.85. The molecule has 1 unspecified atom stereocenters. The maximum Gasteiger partial charge on any atom is 0.254 e. The number of hydrogen-bond acceptors (Lipinski definition) is 3. The first-order valence-corrected chi connectivity index (χ1v) is 5.56. The van der Waals surface area contributed by atoms with E-state index in [0.29, 0.717) is 19.4 Å². The van der Waals surface area contributed by atoms with Crippen molar-refractivity contribution in [3.8, 4) is 0 Å². The highest BCUT2D eigenvalue weighted by atomic mass is 19.1. The van der Waals surface area contributed by atoms with Crippen molar-refractivity contribution in [2.24, 2.45) is 0 Å². The summed E-state index contributed by atoms with van der Waals surface area (Å²) in [7, 11) is 0. The van der Waals surface area contributed by atoms with Crippen LogP contribution in [-0.4, -0.2) is 23.7 Å². The first-order chi connectivity index (χ1) is 8.04. The molecule has 0 fully saturated rings. The number of hydrogen-bond donors (Lipinski definition) is 3. The average Bonchev–Trinajstić information content (AvgIpc) is 2.28. The average molecular weight is 240 g/mol. The number of halogens is 1. The Bertz CT molecular complexity index is 396. The number of amides is 1. The van der Waals surface area contributed by atoms with E-state index in [0.717, 1.165) is 6.07 Å². The maximum atomic E-state index is 13.4. The number of benzene rings is 1. The molecule has 0 saturated carbocycles. The largest absolute Gasteiger partial charge is 0.399 e. The van der Waals surface area contributed by atoms with Crippen molar-refractivity contribution in [1.82, 2.24) is 5.32 Å². The minimum atomic E-state index is -0.640. The maximum absolute atomic E-state index is 13.4. The number of aliphatic hydroxyl groups is 1. The van der Waals surface area contributed by atoms with Crippen LogP contribution in [0.5, 0.6) is 0 Å². The van der Waals surface area contributed by atoms with Crippen LogP contribution in [0.3, 0.4) is 0 Å². The molecule has 0 spiro atoms. The Labute approximate surface area is 99.6 Å². The van der Waals surface area contributed by atoms with E-state index < -0.39 is 17.8 Å². The minimum Gasteiger partial charge on any atom is -0.399 e. The summed E-state index contributed by atoms with van der Waals surface area (Å²) in [4.78, 5) is 11.6. The highest BCUT2D eigenvalue weighted by molar-refractivity contribution is 5.94. The summed E-state index contributed by atoms with van der Waals surface area (Å²) in [6.07, 6.45) is 0.650. The van der Waals surface area contributed by atoms with Gasteiger partial charge in [-0.2, -0.15) is 0 Å². The van der Waals surface area contributed by atoms with Gasteiger partial charge in [0.25, 0.3) is 5.91 Å². The van der Waals surface area contributed by atoms with Crippen LogP contribution in [0.1, 0.15) is 30.1 Å². The lowest BCUT2D eigenvalue weighted by Crippen LogP contribution is -2.27. The van der Waals surface area contributed by atoms with Crippen molar-refractivity contribution < 1.29 is 14.3 Å². The quantitative estimate of drug-likeness (QED) is 0.679. The Morgan fingerprint density at radius 2 is 2.29 bits per heavy atom. The van der Waals surface area contributed by atoms with Gasteiger partial charge in [0.1, 0.15) is 5.82 Å². The van der Waals surface area contributed by atoms with Crippen molar-refractivity contribution in [2.75, 3.05) is 12.3 Å². The fourth-order valence-corrected chi connectivity index (χ4v) is 1.37. The standard InChI is InChI=1S/C12H17FN2O2/c1-2-9(16)5-6-15-12(17)10-4-3-8(14)7-11(10)13/h3-4,7,9,16H,2,5-6,14H2,1H3,(H,15,17). The molecule has 5 heteroatoms. The number of carbonyl (C=O) groups is 1. The molecule has 0 aliphatic carbocycles. The molecule has 0 bridgehead atoms. The third-order valence-electron chi connectivity index (χ3n) is 2.47. The van der Waals surface area contributed by atoms with E-state index in [4.69, 9.17) is 5.73 Å². The smallest absolute Gasteiger partial charge is 0.254 e. The van der Waals surface area contributed by atoms with Crippen LogP contribution in [0.15, 0.2) is 18.2 Å².